The lowest BCUT2D eigenvalue weighted by atomic mass is 10.1. The van der Waals surface area contributed by atoms with Gasteiger partial charge in [-0.25, -0.2) is 4.79 Å². The number of benzene rings is 2. The average molecular weight is 353 g/mol. The van der Waals surface area contributed by atoms with E-state index in [2.05, 4.69) is 52.4 Å². The first-order chi connectivity index (χ1) is 12.6. The summed E-state index contributed by atoms with van der Waals surface area (Å²) in [6.45, 7) is 8.26. The molecule has 1 heterocycles. The van der Waals surface area contributed by atoms with Crippen LogP contribution >= 0.6 is 0 Å². The maximum Gasteiger partial charge on any atom is 0.335 e. The van der Waals surface area contributed by atoms with Crippen molar-refractivity contribution in [3.63, 3.8) is 0 Å². The van der Waals surface area contributed by atoms with Gasteiger partial charge in [0.1, 0.15) is 0 Å². The van der Waals surface area contributed by atoms with Crippen LogP contribution in [-0.2, 0) is 6.54 Å². The summed E-state index contributed by atoms with van der Waals surface area (Å²) >= 11 is 0. The van der Waals surface area contributed by atoms with E-state index in [1.807, 2.05) is 12.1 Å². The number of piperazine rings is 1. The maximum absolute atomic E-state index is 10.9. The van der Waals surface area contributed by atoms with Crippen LogP contribution < -0.4 is 10.2 Å². The van der Waals surface area contributed by atoms with Crippen LogP contribution in [0.25, 0.3) is 0 Å². The molecule has 0 radical (unpaired) electrons. The van der Waals surface area contributed by atoms with Gasteiger partial charge in [-0.05, 0) is 36.8 Å². The Morgan fingerprint density at radius 2 is 1.69 bits per heavy atom. The number of carboxylic acids is 1. The van der Waals surface area contributed by atoms with Gasteiger partial charge in [-0.2, -0.15) is 0 Å². The molecule has 1 aliphatic heterocycles. The first kappa shape index (κ1) is 18.4. The molecule has 5 heteroatoms. The molecule has 1 fully saturated rings. The maximum atomic E-state index is 10.9. The third-order valence-corrected chi connectivity index (χ3v) is 4.88. The second-order valence-electron chi connectivity index (χ2n) is 6.91. The number of rotatable bonds is 7. The summed E-state index contributed by atoms with van der Waals surface area (Å²) in [5.74, 6) is -0.882. The van der Waals surface area contributed by atoms with Crippen molar-refractivity contribution in [2.24, 2.45) is 0 Å². The minimum Gasteiger partial charge on any atom is -0.478 e. The Morgan fingerprint density at radius 3 is 2.31 bits per heavy atom. The highest BCUT2D eigenvalue weighted by Gasteiger charge is 2.18. The molecule has 1 saturated heterocycles. The van der Waals surface area contributed by atoms with Crippen molar-refractivity contribution < 1.29 is 9.90 Å². The second-order valence-corrected chi connectivity index (χ2v) is 6.91. The normalized spacial score (nSPS) is 16.4. The zero-order valence-electron chi connectivity index (χ0n) is 15.3. The minimum absolute atomic E-state index is 0.332. The van der Waals surface area contributed by atoms with Crippen molar-refractivity contribution in [2.45, 2.75) is 19.5 Å². The fourth-order valence-electron chi connectivity index (χ4n) is 3.34. The van der Waals surface area contributed by atoms with Crippen molar-refractivity contribution in [2.75, 3.05) is 37.6 Å². The molecule has 2 N–H and O–H groups in total. The molecule has 1 aliphatic rings. The molecule has 2 aromatic carbocycles. The van der Waals surface area contributed by atoms with Crippen LogP contribution in [0.3, 0.4) is 0 Å². The van der Waals surface area contributed by atoms with E-state index in [-0.39, 0.29) is 0 Å². The van der Waals surface area contributed by atoms with Crippen LogP contribution in [0, 0.1) is 0 Å². The molecular formula is C21H27N3O2. The summed E-state index contributed by atoms with van der Waals surface area (Å²) in [5.41, 5.74) is 2.75. The number of aromatic carboxylic acids is 1. The topological polar surface area (TPSA) is 55.8 Å². The van der Waals surface area contributed by atoms with E-state index in [0.29, 0.717) is 11.6 Å². The van der Waals surface area contributed by atoms with E-state index < -0.39 is 5.97 Å². The number of hydrogen-bond donors (Lipinski definition) is 2. The molecule has 0 amide bonds. The van der Waals surface area contributed by atoms with Gasteiger partial charge < -0.3 is 15.3 Å². The summed E-state index contributed by atoms with van der Waals surface area (Å²) < 4.78 is 0. The Bertz CT molecular complexity index is 695. The molecule has 1 atom stereocenters. The van der Waals surface area contributed by atoms with Crippen LogP contribution in [-0.4, -0.2) is 54.7 Å². The highest BCUT2D eigenvalue weighted by molar-refractivity contribution is 5.87. The first-order valence-corrected chi connectivity index (χ1v) is 9.20. The number of nitrogens with zero attached hydrogens (tertiary/aromatic N) is 2. The predicted octanol–water partition coefficient (Wildman–Crippen LogP) is 2.69. The van der Waals surface area contributed by atoms with E-state index in [4.69, 9.17) is 5.11 Å². The van der Waals surface area contributed by atoms with Gasteiger partial charge in [-0.15, -0.1) is 0 Å². The van der Waals surface area contributed by atoms with Gasteiger partial charge in [0.05, 0.1) is 5.56 Å². The van der Waals surface area contributed by atoms with Gasteiger partial charge in [0.2, 0.25) is 0 Å². The van der Waals surface area contributed by atoms with E-state index >= 15 is 0 Å². The molecule has 0 aliphatic carbocycles. The Hall–Kier alpha value is -2.37. The van der Waals surface area contributed by atoms with Crippen LogP contribution in [0.2, 0.25) is 0 Å². The number of carbonyl (C=O) groups is 1. The number of carboxylic acid groups (broad SMARTS) is 1. The van der Waals surface area contributed by atoms with E-state index in [1.54, 1.807) is 12.1 Å². The van der Waals surface area contributed by atoms with Gasteiger partial charge >= 0.3 is 5.97 Å². The first-order valence-electron chi connectivity index (χ1n) is 9.20. The van der Waals surface area contributed by atoms with Gasteiger partial charge in [-0.1, -0.05) is 30.3 Å². The Morgan fingerprint density at radius 1 is 1.04 bits per heavy atom. The van der Waals surface area contributed by atoms with Crippen molar-refractivity contribution in [3.8, 4) is 0 Å². The minimum atomic E-state index is -0.882. The smallest absolute Gasteiger partial charge is 0.335 e. The molecule has 0 spiro atoms. The van der Waals surface area contributed by atoms with Crippen molar-refractivity contribution in [3.05, 3.63) is 65.7 Å². The summed E-state index contributed by atoms with van der Waals surface area (Å²) in [5, 5.41) is 12.5. The van der Waals surface area contributed by atoms with Crippen LogP contribution in [0.4, 0.5) is 5.69 Å². The molecule has 1 unspecified atom stereocenters. The van der Waals surface area contributed by atoms with Crippen LogP contribution in [0.15, 0.2) is 54.6 Å². The SMILES string of the molecule is CC(CN1CCN(c2ccccc2)CC1)NCc1ccc(C(=O)O)cc1. The number of hydrogen-bond acceptors (Lipinski definition) is 4. The standard InChI is InChI=1S/C21H27N3O2/c1-17(22-15-18-7-9-19(10-8-18)21(25)26)16-23-11-13-24(14-12-23)20-5-3-2-4-6-20/h2-10,17,22H,11-16H2,1H3,(H,25,26). The summed E-state index contributed by atoms with van der Waals surface area (Å²) in [7, 11) is 0. The molecule has 2 aromatic rings. The molecule has 26 heavy (non-hydrogen) atoms. The molecular weight excluding hydrogens is 326 g/mol. The number of para-hydroxylation sites is 1. The third-order valence-electron chi connectivity index (χ3n) is 4.88. The van der Waals surface area contributed by atoms with Gasteiger partial charge in [0.15, 0.2) is 0 Å². The molecule has 0 aromatic heterocycles. The molecule has 138 valence electrons. The van der Waals surface area contributed by atoms with E-state index in [0.717, 1.165) is 44.8 Å². The van der Waals surface area contributed by atoms with Crippen molar-refractivity contribution >= 4 is 11.7 Å². The summed E-state index contributed by atoms with van der Waals surface area (Å²) in [6.07, 6.45) is 0. The zero-order valence-corrected chi connectivity index (χ0v) is 15.3. The monoisotopic (exact) mass is 353 g/mol. The van der Waals surface area contributed by atoms with Crippen molar-refractivity contribution in [1.29, 1.82) is 0 Å². The fraction of sp³-hybridized carbons (Fsp3) is 0.381. The number of nitrogens with one attached hydrogen (secondary N) is 1. The Balaban J connectivity index is 1.40. The largest absolute Gasteiger partial charge is 0.478 e. The highest BCUT2D eigenvalue weighted by Crippen LogP contribution is 2.15. The lowest BCUT2D eigenvalue weighted by molar-refractivity contribution is 0.0697. The molecule has 0 bridgehead atoms. The molecule has 5 nitrogen and oxygen atoms in total. The third kappa shape index (κ3) is 5.07. The van der Waals surface area contributed by atoms with Crippen LogP contribution in [0.1, 0.15) is 22.8 Å². The van der Waals surface area contributed by atoms with Gasteiger partial charge in [-0.3, -0.25) is 4.90 Å². The highest BCUT2D eigenvalue weighted by atomic mass is 16.4. The quantitative estimate of drug-likeness (QED) is 0.802. The number of anilines is 1. The average Bonchev–Trinajstić information content (AvgIpc) is 2.68. The molecule has 0 saturated carbocycles. The van der Waals surface area contributed by atoms with E-state index in [9.17, 15) is 4.79 Å². The second kappa shape index (κ2) is 8.83. The Labute approximate surface area is 155 Å². The predicted molar refractivity (Wildman–Crippen MR) is 105 cm³/mol. The molecule has 3 rings (SSSR count). The Kier molecular flexibility index (Phi) is 6.26. The lowest BCUT2D eigenvalue weighted by Gasteiger charge is -2.37. The van der Waals surface area contributed by atoms with Crippen LogP contribution in [0.5, 0.6) is 0 Å². The summed E-state index contributed by atoms with van der Waals surface area (Å²) in [4.78, 5) is 15.8. The van der Waals surface area contributed by atoms with E-state index in [1.165, 1.54) is 5.69 Å². The zero-order chi connectivity index (χ0) is 18.4. The van der Waals surface area contributed by atoms with Gasteiger partial charge in [0.25, 0.3) is 0 Å². The summed E-state index contributed by atoms with van der Waals surface area (Å²) in [6, 6.07) is 18.1. The lowest BCUT2D eigenvalue weighted by Crippen LogP contribution is -2.50. The fourth-order valence-corrected chi connectivity index (χ4v) is 3.34. The van der Waals surface area contributed by atoms with Gasteiger partial charge in [0, 0.05) is 51.0 Å². The van der Waals surface area contributed by atoms with Crippen molar-refractivity contribution in [1.82, 2.24) is 10.2 Å².